The van der Waals surface area contributed by atoms with Gasteiger partial charge < -0.3 is 4.74 Å². The van der Waals surface area contributed by atoms with Gasteiger partial charge in [-0.1, -0.05) is 48.5 Å². The summed E-state index contributed by atoms with van der Waals surface area (Å²) in [6.07, 6.45) is 0.0146. The molecular formula is C22H27N3O4S. The molecule has 0 unspecified atom stereocenters. The monoisotopic (exact) mass is 429 g/mol. The van der Waals surface area contributed by atoms with Gasteiger partial charge in [-0.3, -0.25) is 14.6 Å². The molecule has 7 nitrogen and oxygen atoms in total. The SMILES string of the molecule is COC(=O)C[C@H]1c2ccccc2S(=O)(=O)N1CN1CCN(Cc2ccccc2)CC1. The van der Waals surface area contributed by atoms with Crippen LogP contribution in [-0.2, 0) is 26.1 Å². The average Bonchev–Trinajstić information content (AvgIpc) is 2.97. The predicted molar refractivity (Wildman–Crippen MR) is 113 cm³/mol. The van der Waals surface area contributed by atoms with Gasteiger partial charge in [0.1, 0.15) is 0 Å². The van der Waals surface area contributed by atoms with Crippen molar-refractivity contribution in [3.63, 3.8) is 0 Å². The summed E-state index contributed by atoms with van der Waals surface area (Å²) in [4.78, 5) is 16.8. The number of methoxy groups -OCH3 is 1. The van der Waals surface area contributed by atoms with Crippen molar-refractivity contribution in [2.24, 2.45) is 0 Å². The van der Waals surface area contributed by atoms with E-state index in [1.807, 2.05) is 24.3 Å². The number of rotatable bonds is 6. The maximum Gasteiger partial charge on any atom is 0.307 e. The van der Waals surface area contributed by atoms with Gasteiger partial charge in [0.25, 0.3) is 0 Å². The quantitative estimate of drug-likeness (QED) is 0.655. The van der Waals surface area contributed by atoms with Gasteiger partial charge in [-0.2, -0.15) is 4.31 Å². The molecule has 30 heavy (non-hydrogen) atoms. The molecule has 1 atom stereocenters. The van der Waals surface area contributed by atoms with Crippen molar-refractivity contribution in [2.75, 3.05) is 40.0 Å². The molecule has 0 N–H and O–H groups in total. The molecule has 0 aromatic heterocycles. The van der Waals surface area contributed by atoms with E-state index >= 15 is 0 Å². The fourth-order valence-corrected chi connectivity index (χ4v) is 6.04. The second-order valence-corrected chi connectivity index (χ2v) is 9.61. The summed E-state index contributed by atoms with van der Waals surface area (Å²) in [6.45, 7) is 4.47. The van der Waals surface area contributed by atoms with Crippen molar-refractivity contribution in [3.05, 3.63) is 65.7 Å². The van der Waals surface area contributed by atoms with E-state index in [0.29, 0.717) is 10.5 Å². The zero-order valence-corrected chi connectivity index (χ0v) is 17.9. The Morgan fingerprint density at radius 1 is 0.967 bits per heavy atom. The molecule has 1 saturated heterocycles. The van der Waals surface area contributed by atoms with Crippen LogP contribution in [-0.4, -0.2) is 68.4 Å². The molecule has 2 aliphatic heterocycles. The standard InChI is InChI=1S/C22H27N3O4S/c1-29-22(26)15-20-19-9-5-6-10-21(19)30(27,28)25(20)17-24-13-11-23(12-14-24)16-18-7-3-2-4-8-18/h2-10,20H,11-17H2,1H3/t20-/m0/s1. The largest absolute Gasteiger partial charge is 0.469 e. The maximum atomic E-state index is 13.2. The van der Waals surface area contributed by atoms with Crippen LogP contribution in [0.5, 0.6) is 0 Å². The van der Waals surface area contributed by atoms with Crippen molar-refractivity contribution in [1.82, 2.24) is 14.1 Å². The minimum absolute atomic E-state index is 0.0146. The Morgan fingerprint density at radius 3 is 2.30 bits per heavy atom. The molecule has 0 saturated carbocycles. The van der Waals surface area contributed by atoms with Gasteiger partial charge in [-0.25, -0.2) is 8.42 Å². The number of esters is 1. The number of hydrogen-bond acceptors (Lipinski definition) is 6. The summed E-state index contributed by atoms with van der Waals surface area (Å²) in [7, 11) is -2.31. The summed E-state index contributed by atoms with van der Waals surface area (Å²) >= 11 is 0. The number of carbonyl (C=O) groups is 1. The molecule has 2 aromatic carbocycles. The number of benzene rings is 2. The summed E-state index contributed by atoms with van der Waals surface area (Å²) in [5, 5.41) is 0. The first-order chi connectivity index (χ1) is 14.5. The van der Waals surface area contributed by atoms with Gasteiger partial charge >= 0.3 is 5.97 Å². The molecule has 2 aromatic rings. The lowest BCUT2D eigenvalue weighted by molar-refractivity contribution is -0.141. The summed E-state index contributed by atoms with van der Waals surface area (Å²) in [6, 6.07) is 16.8. The van der Waals surface area contributed by atoms with Crippen LogP contribution < -0.4 is 0 Å². The number of fused-ring (bicyclic) bond motifs is 1. The maximum absolute atomic E-state index is 13.2. The molecule has 0 bridgehead atoms. The average molecular weight is 430 g/mol. The topological polar surface area (TPSA) is 70.2 Å². The fraction of sp³-hybridized carbons (Fsp3) is 0.409. The Bertz CT molecular complexity index is 988. The van der Waals surface area contributed by atoms with Gasteiger partial charge in [-0.05, 0) is 17.2 Å². The van der Waals surface area contributed by atoms with Crippen LogP contribution in [0, 0.1) is 0 Å². The third-order valence-electron chi connectivity index (χ3n) is 5.85. The van der Waals surface area contributed by atoms with E-state index < -0.39 is 22.0 Å². The normalized spacial score (nSPS) is 22.0. The van der Waals surface area contributed by atoms with Crippen molar-refractivity contribution in [1.29, 1.82) is 0 Å². The minimum atomic E-state index is -3.64. The van der Waals surface area contributed by atoms with Crippen molar-refractivity contribution in [2.45, 2.75) is 23.9 Å². The van der Waals surface area contributed by atoms with Gasteiger partial charge in [0.15, 0.2) is 0 Å². The number of sulfonamides is 1. The molecule has 1 fully saturated rings. The molecule has 0 radical (unpaired) electrons. The third kappa shape index (κ3) is 4.27. The van der Waals surface area contributed by atoms with E-state index in [9.17, 15) is 13.2 Å². The zero-order valence-electron chi connectivity index (χ0n) is 17.1. The first kappa shape index (κ1) is 21.0. The van der Waals surface area contributed by atoms with Crippen LogP contribution >= 0.6 is 0 Å². The molecule has 2 aliphatic rings. The number of carbonyl (C=O) groups excluding carboxylic acids is 1. The van der Waals surface area contributed by atoms with Gasteiger partial charge in [0.2, 0.25) is 10.0 Å². The lowest BCUT2D eigenvalue weighted by Gasteiger charge is -2.37. The minimum Gasteiger partial charge on any atom is -0.469 e. The van der Waals surface area contributed by atoms with Crippen LogP contribution in [0.15, 0.2) is 59.5 Å². The highest BCUT2D eigenvalue weighted by Gasteiger charge is 2.44. The van der Waals surface area contributed by atoms with Crippen molar-refractivity contribution >= 4 is 16.0 Å². The summed E-state index contributed by atoms with van der Waals surface area (Å²) in [5.41, 5.74) is 1.95. The first-order valence-corrected chi connectivity index (χ1v) is 11.6. The number of ether oxygens (including phenoxy) is 1. The molecule has 160 valence electrons. The molecule has 0 aliphatic carbocycles. The Morgan fingerprint density at radius 2 is 1.60 bits per heavy atom. The summed E-state index contributed by atoms with van der Waals surface area (Å²) in [5.74, 6) is -0.412. The Kier molecular flexibility index (Phi) is 6.19. The van der Waals surface area contributed by atoms with Gasteiger partial charge in [0, 0.05) is 32.7 Å². The highest BCUT2D eigenvalue weighted by molar-refractivity contribution is 7.89. The number of piperazine rings is 1. The fourth-order valence-electron chi connectivity index (χ4n) is 4.19. The Labute approximate surface area is 177 Å². The van der Waals surface area contributed by atoms with E-state index in [-0.39, 0.29) is 13.1 Å². The third-order valence-corrected chi connectivity index (χ3v) is 7.77. The first-order valence-electron chi connectivity index (χ1n) is 10.2. The Hall–Kier alpha value is -2.26. The number of nitrogens with zero attached hydrogens (tertiary/aromatic N) is 3. The lowest BCUT2D eigenvalue weighted by Crippen LogP contribution is -2.50. The molecule has 2 heterocycles. The lowest BCUT2D eigenvalue weighted by atomic mass is 10.0. The number of hydrogen-bond donors (Lipinski definition) is 0. The molecular weight excluding hydrogens is 402 g/mol. The summed E-state index contributed by atoms with van der Waals surface area (Å²) < 4.78 is 32.6. The Balaban J connectivity index is 1.45. The van der Waals surface area contributed by atoms with Crippen LogP contribution in [0.1, 0.15) is 23.6 Å². The van der Waals surface area contributed by atoms with Crippen molar-refractivity contribution in [3.8, 4) is 0 Å². The molecule has 4 rings (SSSR count). The van der Waals surface area contributed by atoms with E-state index in [1.165, 1.54) is 17.0 Å². The molecule has 0 spiro atoms. The van der Waals surface area contributed by atoms with Crippen LogP contribution in [0.4, 0.5) is 0 Å². The molecule has 8 heteroatoms. The van der Waals surface area contributed by atoms with Gasteiger partial charge in [0.05, 0.1) is 31.1 Å². The van der Waals surface area contributed by atoms with E-state index in [4.69, 9.17) is 4.74 Å². The zero-order chi connectivity index (χ0) is 21.1. The highest BCUT2D eigenvalue weighted by atomic mass is 32.2. The van der Waals surface area contributed by atoms with Gasteiger partial charge in [-0.15, -0.1) is 0 Å². The smallest absolute Gasteiger partial charge is 0.307 e. The second kappa shape index (κ2) is 8.85. The van der Waals surface area contributed by atoms with Crippen LogP contribution in [0.25, 0.3) is 0 Å². The van der Waals surface area contributed by atoms with E-state index in [0.717, 1.165) is 32.7 Å². The van der Waals surface area contributed by atoms with Crippen LogP contribution in [0.2, 0.25) is 0 Å². The predicted octanol–water partition coefficient (Wildman–Crippen LogP) is 2.07. The highest BCUT2D eigenvalue weighted by Crippen LogP contribution is 2.41. The van der Waals surface area contributed by atoms with Crippen LogP contribution in [0.3, 0.4) is 0 Å². The van der Waals surface area contributed by atoms with E-state index in [2.05, 4.69) is 21.9 Å². The second-order valence-electron chi connectivity index (χ2n) is 7.75. The van der Waals surface area contributed by atoms with Crippen molar-refractivity contribution < 1.29 is 17.9 Å². The molecule has 0 amide bonds. The van der Waals surface area contributed by atoms with E-state index in [1.54, 1.807) is 18.2 Å².